The third kappa shape index (κ3) is 6.01. The van der Waals surface area contributed by atoms with E-state index in [1.165, 1.54) is 0 Å². The minimum Gasteiger partial charge on any atom is -0.427 e. The van der Waals surface area contributed by atoms with E-state index in [2.05, 4.69) is 6.07 Å². The van der Waals surface area contributed by atoms with Gasteiger partial charge in [0.1, 0.15) is 5.75 Å². The molecule has 0 unspecified atom stereocenters. The van der Waals surface area contributed by atoms with Crippen molar-refractivity contribution < 1.29 is 9.53 Å². The molecular weight excluding hydrogens is 442 g/mol. The Kier molecular flexibility index (Phi) is 7.55. The highest BCUT2D eigenvalue weighted by molar-refractivity contribution is 6.30. The summed E-state index contributed by atoms with van der Waals surface area (Å²) in [6, 6.07) is 36.4. The molecule has 0 aliphatic rings. The molecule has 0 aliphatic carbocycles. The maximum absolute atomic E-state index is 12.8. The van der Waals surface area contributed by atoms with Crippen LogP contribution in [0.5, 0.6) is 5.75 Å². The van der Waals surface area contributed by atoms with Crippen LogP contribution in [0.4, 0.5) is 0 Å². The predicted octanol–water partition coefficient (Wildman–Crippen LogP) is 7.53. The summed E-state index contributed by atoms with van der Waals surface area (Å²) in [7, 11) is 0. The zero-order valence-corrected chi connectivity index (χ0v) is 19.2. The number of allylic oxidation sites excluding steroid dienone is 1. The first-order valence-electron chi connectivity index (χ1n) is 10.9. The van der Waals surface area contributed by atoms with Gasteiger partial charge in [0.2, 0.25) is 0 Å². The lowest BCUT2D eigenvalue weighted by Gasteiger charge is -2.17. The SMILES string of the molecule is N#C/C(=C/c1ccc(OC(=O)CC(c2ccccc2)c2ccccc2)cc1)c1ccc(Cl)cc1. The number of carbonyl (C=O) groups is 1. The number of ether oxygens (including phenoxy) is 1. The van der Waals surface area contributed by atoms with Gasteiger partial charge < -0.3 is 4.74 Å². The second-order valence-corrected chi connectivity index (χ2v) is 8.23. The number of hydrogen-bond acceptors (Lipinski definition) is 3. The summed E-state index contributed by atoms with van der Waals surface area (Å²) in [6.45, 7) is 0. The molecule has 0 radical (unpaired) electrons. The Bertz CT molecular complexity index is 1270. The monoisotopic (exact) mass is 463 g/mol. The number of rotatable bonds is 7. The number of benzene rings is 4. The molecule has 4 aromatic rings. The van der Waals surface area contributed by atoms with Crippen molar-refractivity contribution in [1.29, 1.82) is 5.26 Å². The molecule has 0 spiro atoms. The number of carbonyl (C=O) groups excluding carboxylic acids is 1. The molecule has 0 fully saturated rings. The topological polar surface area (TPSA) is 50.1 Å². The summed E-state index contributed by atoms with van der Waals surface area (Å²) in [5.41, 5.74) is 4.28. The van der Waals surface area contributed by atoms with E-state index in [4.69, 9.17) is 16.3 Å². The van der Waals surface area contributed by atoms with Gasteiger partial charge >= 0.3 is 5.97 Å². The molecule has 3 nitrogen and oxygen atoms in total. The van der Waals surface area contributed by atoms with Crippen molar-refractivity contribution in [2.24, 2.45) is 0 Å². The largest absolute Gasteiger partial charge is 0.427 e. The van der Waals surface area contributed by atoms with Crippen LogP contribution in [0, 0.1) is 11.3 Å². The lowest BCUT2D eigenvalue weighted by molar-refractivity contribution is -0.134. The minimum absolute atomic E-state index is 0.0883. The summed E-state index contributed by atoms with van der Waals surface area (Å²) in [4.78, 5) is 12.8. The molecule has 4 heteroatoms. The smallest absolute Gasteiger partial charge is 0.312 e. The molecule has 0 heterocycles. The van der Waals surface area contributed by atoms with E-state index in [1.54, 1.807) is 30.3 Å². The van der Waals surface area contributed by atoms with E-state index >= 15 is 0 Å². The van der Waals surface area contributed by atoms with Crippen LogP contribution >= 0.6 is 11.6 Å². The minimum atomic E-state index is -0.306. The Balaban J connectivity index is 1.47. The van der Waals surface area contributed by atoms with E-state index in [0.29, 0.717) is 16.3 Å². The molecule has 0 saturated heterocycles. The van der Waals surface area contributed by atoms with Crippen molar-refractivity contribution >= 4 is 29.2 Å². The fraction of sp³-hybridized carbons (Fsp3) is 0.0667. The molecule has 0 aliphatic heterocycles. The van der Waals surface area contributed by atoms with Gasteiger partial charge in [0, 0.05) is 10.9 Å². The summed E-state index contributed by atoms with van der Waals surface area (Å²) in [5.74, 6) is 0.0709. The van der Waals surface area contributed by atoms with Crippen molar-refractivity contribution in [3.05, 3.63) is 136 Å². The summed E-state index contributed by atoms with van der Waals surface area (Å²) in [5, 5.41) is 10.2. The molecule has 166 valence electrons. The molecule has 0 bridgehead atoms. The fourth-order valence-electron chi connectivity index (χ4n) is 3.75. The Morgan fingerprint density at radius 3 is 1.91 bits per heavy atom. The quantitative estimate of drug-likeness (QED) is 0.123. The van der Waals surface area contributed by atoms with Gasteiger partial charge in [0.05, 0.1) is 18.1 Å². The third-order valence-electron chi connectivity index (χ3n) is 5.47. The van der Waals surface area contributed by atoms with Crippen LogP contribution in [0.2, 0.25) is 5.02 Å². The number of hydrogen-bond donors (Lipinski definition) is 0. The Morgan fingerprint density at radius 1 is 0.824 bits per heavy atom. The third-order valence-corrected chi connectivity index (χ3v) is 5.73. The molecule has 0 atom stereocenters. The standard InChI is InChI=1S/C30H22ClNO2/c31-27-15-13-23(14-16-27)26(21-32)19-22-11-17-28(18-12-22)34-30(33)20-29(24-7-3-1-4-8-24)25-9-5-2-6-10-25/h1-19,29H,20H2/b26-19-. The maximum Gasteiger partial charge on any atom is 0.312 e. The van der Waals surface area contributed by atoms with Gasteiger partial charge in [0.25, 0.3) is 0 Å². The highest BCUT2D eigenvalue weighted by atomic mass is 35.5. The van der Waals surface area contributed by atoms with Gasteiger partial charge in [-0.25, -0.2) is 0 Å². The van der Waals surface area contributed by atoms with Gasteiger partial charge in [-0.05, 0) is 52.6 Å². The van der Waals surface area contributed by atoms with Crippen LogP contribution in [0.25, 0.3) is 11.6 Å². The lowest BCUT2D eigenvalue weighted by atomic mass is 9.88. The van der Waals surface area contributed by atoms with Gasteiger partial charge in [-0.2, -0.15) is 5.26 Å². The van der Waals surface area contributed by atoms with Gasteiger partial charge in [-0.3, -0.25) is 4.79 Å². The maximum atomic E-state index is 12.8. The average Bonchev–Trinajstić information content (AvgIpc) is 2.88. The van der Waals surface area contributed by atoms with Gasteiger partial charge in [-0.15, -0.1) is 0 Å². The van der Waals surface area contributed by atoms with Crippen LogP contribution in [0.1, 0.15) is 34.6 Å². The first kappa shape index (κ1) is 23.0. The lowest BCUT2D eigenvalue weighted by Crippen LogP contribution is -2.14. The molecule has 0 N–H and O–H groups in total. The van der Waals surface area contributed by atoms with Gasteiger partial charge in [-0.1, -0.05) is 96.5 Å². The first-order valence-corrected chi connectivity index (χ1v) is 11.3. The van der Waals surface area contributed by atoms with E-state index in [-0.39, 0.29) is 18.3 Å². The molecule has 4 rings (SSSR count). The van der Waals surface area contributed by atoms with Crippen molar-refractivity contribution in [2.45, 2.75) is 12.3 Å². The van der Waals surface area contributed by atoms with Crippen LogP contribution < -0.4 is 4.74 Å². The van der Waals surface area contributed by atoms with Crippen molar-refractivity contribution in [1.82, 2.24) is 0 Å². The normalized spacial score (nSPS) is 11.1. The highest BCUT2D eigenvalue weighted by Gasteiger charge is 2.19. The second kappa shape index (κ2) is 11.1. The molecule has 4 aromatic carbocycles. The van der Waals surface area contributed by atoms with Crippen molar-refractivity contribution in [3.8, 4) is 11.8 Å². The molecular formula is C30H22ClNO2. The van der Waals surface area contributed by atoms with E-state index in [0.717, 1.165) is 22.3 Å². The molecule has 0 aromatic heterocycles. The first-order chi connectivity index (χ1) is 16.6. The summed E-state index contributed by atoms with van der Waals surface area (Å²) < 4.78 is 5.63. The van der Waals surface area contributed by atoms with E-state index < -0.39 is 0 Å². The Morgan fingerprint density at radius 2 is 1.38 bits per heavy atom. The fourth-order valence-corrected chi connectivity index (χ4v) is 3.87. The van der Waals surface area contributed by atoms with Crippen LogP contribution in [0.3, 0.4) is 0 Å². The molecule has 34 heavy (non-hydrogen) atoms. The van der Waals surface area contributed by atoms with Gasteiger partial charge in [0.15, 0.2) is 0 Å². The zero-order valence-electron chi connectivity index (χ0n) is 18.4. The van der Waals surface area contributed by atoms with Crippen LogP contribution in [-0.4, -0.2) is 5.97 Å². The summed E-state index contributed by atoms with van der Waals surface area (Å²) >= 11 is 5.94. The number of esters is 1. The average molecular weight is 464 g/mol. The summed E-state index contributed by atoms with van der Waals surface area (Å²) in [6.07, 6.45) is 2.01. The second-order valence-electron chi connectivity index (χ2n) is 7.80. The number of nitriles is 1. The number of nitrogens with zero attached hydrogens (tertiary/aromatic N) is 1. The molecule has 0 amide bonds. The highest BCUT2D eigenvalue weighted by Crippen LogP contribution is 2.29. The number of halogens is 1. The Labute approximate surface area is 204 Å². The van der Waals surface area contributed by atoms with Crippen LogP contribution in [0.15, 0.2) is 109 Å². The van der Waals surface area contributed by atoms with Crippen molar-refractivity contribution in [2.75, 3.05) is 0 Å². The van der Waals surface area contributed by atoms with E-state index in [9.17, 15) is 10.1 Å². The zero-order chi connectivity index (χ0) is 23.8. The molecule has 0 saturated carbocycles. The van der Waals surface area contributed by atoms with Crippen LogP contribution in [-0.2, 0) is 4.79 Å². The predicted molar refractivity (Wildman–Crippen MR) is 136 cm³/mol. The van der Waals surface area contributed by atoms with E-state index in [1.807, 2.05) is 84.9 Å². The Hall–Kier alpha value is -4.13. The van der Waals surface area contributed by atoms with Crippen molar-refractivity contribution in [3.63, 3.8) is 0 Å².